The van der Waals surface area contributed by atoms with E-state index in [1.807, 2.05) is 13.8 Å². The molecule has 0 heterocycles. The van der Waals surface area contributed by atoms with Gasteiger partial charge in [0.05, 0.1) is 0 Å². The van der Waals surface area contributed by atoms with E-state index in [2.05, 4.69) is 5.32 Å². The van der Waals surface area contributed by atoms with Gasteiger partial charge in [0.25, 0.3) is 0 Å². The van der Waals surface area contributed by atoms with Crippen LogP contribution in [0.3, 0.4) is 0 Å². The number of hydrogen-bond donors (Lipinski definition) is 2. The van der Waals surface area contributed by atoms with Gasteiger partial charge in [-0.05, 0) is 6.42 Å². The lowest BCUT2D eigenvalue weighted by atomic mass is 10.2. The van der Waals surface area contributed by atoms with Crippen molar-refractivity contribution in [3.05, 3.63) is 0 Å². The van der Waals surface area contributed by atoms with E-state index in [1.165, 1.54) is 7.05 Å². The first-order valence-corrected chi connectivity index (χ1v) is 4.09. The Balaban J connectivity index is 0. The van der Waals surface area contributed by atoms with Gasteiger partial charge in [-0.3, -0.25) is 9.59 Å². The number of rotatable bonds is 4. The molecule has 0 aromatic heterocycles. The summed E-state index contributed by atoms with van der Waals surface area (Å²) >= 11 is 0. The highest BCUT2D eigenvalue weighted by molar-refractivity contribution is 5.76. The third-order valence-electron chi connectivity index (χ3n) is 1.07. The fourth-order valence-electron chi connectivity index (χ4n) is 0.525. The molecule has 4 heteroatoms. The van der Waals surface area contributed by atoms with Crippen LogP contribution in [0.5, 0.6) is 0 Å². The van der Waals surface area contributed by atoms with E-state index in [9.17, 15) is 9.59 Å². The number of carbonyl (C=O) groups excluding carboxylic acids is 1. The Morgan fingerprint density at radius 2 is 1.75 bits per heavy atom. The molecule has 0 rings (SSSR count). The van der Waals surface area contributed by atoms with Crippen LogP contribution in [-0.4, -0.2) is 24.0 Å². The summed E-state index contributed by atoms with van der Waals surface area (Å²) in [5, 5.41) is 10.6. The van der Waals surface area contributed by atoms with E-state index in [-0.39, 0.29) is 12.3 Å². The quantitative estimate of drug-likeness (QED) is 0.670. The molecule has 0 bridgehead atoms. The lowest BCUT2D eigenvalue weighted by molar-refractivity contribution is -0.137. The van der Waals surface area contributed by atoms with Crippen LogP contribution in [0.4, 0.5) is 0 Å². The summed E-state index contributed by atoms with van der Waals surface area (Å²) in [7, 11) is 1.53. The summed E-state index contributed by atoms with van der Waals surface area (Å²) in [6, 6.07) is 0. The molecular formula is C8H17NO3. The Bertz CT molecular complexity index is 134. The highest BCUT2D eigenvalue weighted by atomic mass is 16.4. The molecule has 1 amide bonds. The molecule has 0 aliphatic rings. The summed E-state index contributed by atoms with van der Waals surface area (Å²) < 4.78 is 0. The minimum absolute atomic E-state index is 0.0629. The SMILES string of the molecule is CC.CNC(=O)CCCC(=O)O. The topological polar surface area (TPSA) is 66.4 Å². The van der Waals surface area contributed by atoms with Crippen molar-refractivity contribution in [3.63, 3.8) is 0 Å². The maximum Gasteiger partial charge on any atom is 0.303 e. The largest absolute Gasteiger partial charge is 0.481 e. The summed E-state index contributed by atoms with van der Waals surface area (Å²) in [5.74, 6) is -0.967. The van der Waals surface area contributed by atoms with Gasteiger partial charge in [-0.25, -0.2) is 0 Å². The summed E-state index contributed by atoms with van der Waals surface area (Å²) in [6.07, 6.45) is 0.769. The standard InChI is InChI=1S/C6H11NO3.C2H6/c1-7-5(8)3-2-4-6(9)10;1-2/h2-4H2,1H3,(H,7,8)(H,9,10);1-2H3. The summed E-state index contributed by atoms with van der Waals surface area (Å²) in [4.78, 5) is 20.4. The van der Waals surface area contributed by atoms with Crippen LogP contribution in [0.15, 0.2) is 0 Å². The monoisotopic (exact) mass is 175 g/mol. The Hall–Kier alpha value is -1.06. The summed E-state index contributed by atoms with van der Waals surface area (Å²) in [5.41, 5.74) is 0. The number of aliphatic carboxylic acids is 1. The first kappa shape index (κ1) is 13.5. The van der Waals surface area contributed by atoms with Crippen molar-refractivity contribution in [3.8, 4) is 0 Å². The van der Waals surface area contributed by atoms with Gasteiger partial charge in [0.1, 0.15) is 0 Å². The molecule has 0 saturated carbocycles. The Labute approximate surface area is 73.0 Å². The van der Waals surface area contributed by atoms with Crippen molar-refractivity contribution < 1.29 is 14.7 Å². The van der Waals surface area contributed by atoms with Crippen molar-refractivity contribution in [1.82, 2.24) is 5.32 Å². The van der Waals surface area contributed by atoms with E-state index < -0.39 is 5.97 Å². The zero-order chi connectivity index (χ0) is 9.98. The molecule has 0 saturated heterocycles. The summed E-state index contributed by atoms with van der Waals surface area (Å²) in [6.45, 7) is 4.00. The molecule has 0 radical (unpaired) electrons. The van der Waals surface area contributed by atoms with Gasteiger partial charge in [-0.1, -0.05) is 13.8 Å². The number of carbonyl (C=O) groups is 2. The predicted octanol–water partition coefficient (Wildman–Crippen LogP) is 1.01. The van der Waals surface area contributed by atoms with E-state index in [0.717, 1.165) is 0 Å². The van der Waals surface area contributed by atoms with Crippen LogP contribution in [0.1, 0.15) is 33.1 Å². The maximum atomic E-state index is 10.5. The van der Waals surface area contributed by atoms with Gasteiger partial charge in [0.2, 0.25) is 5.91 Å². The molecule has 0 aromatic rings. The number of hydrogen-bond acceptors (Lipinski definition) is 2. The van der Waals surface area contributed by atoms with Crippen molar-refractivity contribution in [2.75, 3.05) is 7.05 Å². The number of amides is 1. The smallest absolute Gasteiger partial charge is 0.303 e. The molecule has 0 spiro atoms. The zero-order valence-corrected chi connectivity index (χ0v) is 7.89. The predicted molar refractivity (Wildman–Crippen MR) is 46.9 cm³/mol. The van der Waals surface area contributed by atoms with Gasteiger partial charge >= 0.3 is 5.97 Å². The van der Waals surface area contributed by atoms with Crippen molar-refractivity contribution in [1.29, 1.82) is 0 Å². The average Bonchev–Trinajstić information content (AvgIpc) is 2.07. The first-order chi connectivity index (χ1) is 5.66. The van der Waals surface area contributed by atoms with Crippen molar-refractivity contribution in [2.24, 2.45) is 0 Å². The molecule has 0 aromatic carbocycles. The third kappa shape index (κ3) is 11.7. The fourth-order valence-corrected chi connectivity index (χ4v) is 0.525. The maximum absolute atomic E-state index is 10.5. The van der Waals surface area contributed by atoms with E-state index in [4.69, 9.17) is 5.11 Å². The third-order valence-corrected chi connectivity index (χ3v) is 1.07. The van der Waals surface area contributed by atoms with Gasteiger partial charge in [0, 0.05) is 19.9 Å². The zero-order valence-electron chi connectivity index (χ0n) is 7.89. The fraction of sp³-hybridized carbons (Fsp3) is 0.750. The number of nitrogens with one attached hydrogen (secondary N) is 1. The van der Waals surface area contributed by atoms with Crippen LogP contribution in [-0.2, 0) is 9.59 Å². The normalized spacial score (nSPS) is 7.92. The van der Waals surface area contributed by atoms with E-state index >= 15 is 0 Å². The number of carboxylic acids is 1. The van der Waals surface area contributed by atoms with Gasteiger partial charge in [-0.15, -0.1) is 0 Å². The van der Waals surface area contributed by atoms with Crippen LogP contribution in [0.2, 0.25) is 0 Å². The minimum atomic E-state index is -0.857. The molecule has 2 N–H and O–H groups in total. The highest BCUT2D eigenvalue weighted by Crippen LogP contribution is 1.93. The molecule has 0 aliphatic carbocycles. The van der Waals surface area contributed by atoms with Crippen LogP contribution < -0.4 is 5.32 Å². The van der Waals surface area contributed by atoms with Gasteiger partial charge in [-0.2, -0.15) is 0 Å². The molecular weight excluding hydrogens is 158 g/mol. The van der Waals surface area contributed by atoms with Gasteiger partial charge < -0.3 is 10.4 Å². The average molecular weight is 175 g/mol. The van der Waals surface area contributed by atoms with Crippen molar-refractivity contribution >= 4 is 11.9 Å². The first-order valence-electron chi connectivity index (χ1n) is 4.09. The molecule has 0 aliphatic heterocycles. The Morgan fingerprint density at radius 1 is 1.25 bits per heavy atom. The lowest BCUT2D eigenvalue weighted by Crippen LogP contribution is -2.17. The lowest BCUT2D eigenvalue weighted by Gasteiger charge is -1.95. The minimum Gasteiger partial charge on any atom is -0.481 e. The van der Waals surface area contributed by atoms with Crippen LogP contribution in [0, 0.1) is 0 Å². The van der Waals surface area contributed by atoms with E-state index in [0.29, 0.717) is 12.8 Å². The van der Waals surface area contributed by atoms with E-state index in [1.54, 1.807) is 0 Å². The molecule has 72 valence electrons. The highest BCUT2D eigenvalue weighted by Gasteiger charge is 2.00. The second-order valence-corrected chi connectivity index (χ2v) is 1.92. The number of carboxylic acid groups (broad SMARTS) is 1. The molecule has 0 unspecified atom stereocenters. The second-order valence-electron chi connectivity index (χ2n) is 1.92. The Morgan fingerprint density at radius 3 is 2.08 bits per heavy atom. The molecule has 0 fully saturated rings. The van der Waals surface area contributed by atoms with Crippen LogP contribution in [0.25, 0.3) is 0 Å². The molecule has 4 nitrogen and oxygen atoms in total. The molecule has 12 heavy (non-hydrogen) atoms. The van der Waals surface area contributed by atoms with Crippen molar-refractivity contribution in [2.45, 2.75) is 33.1 Å². The van der Waals surface area contributed by atoms with Gasteiger partial charge in [0.15, 0.2) is 0 Å². The van der Waals surface area contributed by atoms with Crippen LogP contribution >= 0.6 is 0 Å². The second kappa shape index (κ2) is 9.94. The molecule has 0 atom stereocenters. The Kier molecular flexibility index (Phi) is 11.2.